The van der Waals surface area contributed by atoms with Crippen LogP contribution in [0.1, 0.15) is 5.56 Å². The Morgan fingerprint density at radius 1 is 1.14 bits per heavy atom. The van der Waals surface area contributed by atoms with E-state index in [0.717, 1.165) is 27.7 Å². The molecule has 1 aliphatic heterocycles. The van der Waals surface area contributed by atoms with E-state index in [9.17, 15) is 0 Å². The number of para-hydroxylation sites is 1. The van der Waals surface area contributed by atoms with Crippen molar-refractivity contribution in [2.24, 2.45) is 0 Å². The van der Waals surface area contributed by atoms with Crippen LogP contribution < -0.4 is 10.1 Å². The first kappa shape index (κ1) is 12.7. The summed E-state index contributed by atoms with van der Waals surface area (Å²) in [6, 6.07) is 15.5. The van der Waals surface area contributed by atoms with Gasteiger partial charge in [0.15, 0.2) is 0 Å². The maximum atomic E-state index is 6.03. The van der Waals surface area contributed by atoms with Crippen LogP contribution in [-0.2, 0) is 11.3 Å². The van der Waals surface area contributed by atoms with Crippen molar-refractivity contribution in [3.05, 3.63) is 65.3 Å². The second-order valence-electron chi connectivity index (χ2n) is 4.94. The lowest BCUT2D eigenvalue weighted by molar-refractivity contribution is 0.281. The largest absolute Gasteiger partial charge is 0.563 e. The van der Waals surface area contributed by atoms with Gasteiger partial charge in [0, 0.05) is 22.1 Å². The molecule has 4 rings (SSSR count). The molecule has 102 valence electrons. The quantitative estimate of drug-likeness (QED) is 0.680. The molecule has 0 amide bonds. The van der Waals surface area contributed by atoms with E-state index in [1.54, 1.807) is 6.20 Å². The molecule has 3 aromatic rings. The van der Waals surface area contributed by atoms with E-state index in [4.69, 9.17) is 20.9 Å². The van der Waals surface area contributed by atoms with Crippen LogP contribution in [0.15, 0.2) is 54.7 Å². The van der Waals surface area contributed by atoms with Gasteiger partial charge in [-0.3, -0.25) is 4.98 Å². The fourth-order valence-electron chi connectivity index (χ4n) is 2.57. The van der Waals surface area contributed by atoms with Gasteiger partial charge in [-0.25, -0.2) is 0 Å². The highest BCUT2D eigenvalue weighted by molar-refractivity contribution is 6.63. The Morgan fingerprint density at radius 2 is 2.05 bits per heavy atom. The van der Waals surface area contributed by atoms with E-state index in [2.05, 4.69) is 4.98 Å². The minimum Gasteiger partial charge on any atom is -0.531 e. The molecule has 1 aliphatic rings. The highest BCUT2D eigenvalue weighted by atomic mass is 35.5. The Morgan fingerprint density at radius 3 is 3.00 bits per heavy atom. The molecule has 1 aromatic heterocycles. The smallest absolute Gasteiger partial charge is 0.531 e. The Hall–Kier alpha value is -2.04. The van der Waals surface area contributed by atoms with Crippen LogP contribution in [0.25, 0.3) is 10.9 Å². The average molecular weight is 296 g/mol. The zero-order valence-electron chi connectivity index (χ0n) is 11.1. The lowest BCUT2D eigenvalue weighted by atomic mass is 9.79. The topological polar surface area (TPSA) is 31.4 Å². The molecule has 0 saturated carbocycles. The summed E-state index contributed by atoms with van der Waals surface area (Å²) >= 11 is 6.00. The summed E-state index contributed by atoms with van der Waals surface area (Å²) in [5.74, 6) is 0.723. The van der Waals surface area contributed by atoms with Crippen molar-refractivity contribution in [3.8, 4) is 5.75 Å². The summed E-state index contributed by atoms with van der Waals surface area (Å²) in [6.07, 6.45) is 1.76. The van der Waals surface area contributed by atoms with Crippen LogP contribution in [0.3, 0.4) is 0 Å². The van der Waals surface area contributed by atoms with Gasteiger partial charge in [0.2, 0.25) is 0 Å². The molecule has 21 heavy (non-hydrogen) atoms. The number of rotatable bonds is 2. The highest BCUT2D eigenvalue weighted by Crippen LogP contribution is 2.25. The van der Waals surface area contributed by atoms with Crippen molar-refractivity contribution in [1.82, 2.24) is 4.98 Å². The molecule has 3 nitrogen and oxygen atoms in total. The minimum atomic E-state index is -0.412. The van der Waals surface area contributed by atoms with E-state index in [1.807, 2.05) is 48.5 Å². The first-order chi connectivity index (χ1) is 10.3. The van der Waals surface area contributed by atoms with E-state index in [1.165, 1.54) is 0 Å². The Balaban J connectivity index is 1.71. The molecule has 0 saturated heterocycles. The summed E-state index contributed by atoms with van der Waals surface area (Å²) in [6.45, 7) is 0.513. The van der Waals surface area contributed by atoms with Crippen LogP contribution in [-0.4, -0.2) is 12.1 Å². The molecular weight excluding hydrogens is 284 g/mol. The zero-order chi connectivity index (χ0) is 14.2. The van der Waals surface area contributed by atoms with Gasteiger partial charge in [-0.2, -0.15) is 0 Å². The monoisotopic (exact) mass is 295 g/mol. The lowest BCUT2D eigenvalue weighted by Gasteiger charge is -2.12. The maximum absolute atomic E-state index is 6.03. The second-order valence-corrected chi connectivity index (χ2v) is 5.37. The van der Waals surface area contributed by atoms with E-state index < -0.39 is 7.12 Å². The van der Waals surface area contributed by atoms with Gasteiger partial charge in [-0.15, -0.1) is 0 Å². The van der Waals surface area contributed by atoms with Gasteiger partial charge in [0.05, 0.1) is 6.61 Å². The Bertz CT molecular complexity index is 819. The average Bonchev–Trinajstić information content (AvgIpc) is 2.90. The molecule has 0 aliphatic carbocycles. The lowest BCUT2D eigenvalue weighted by Crippen LogP contribution is -2.35. The molecule has 0 fully saturated rings. The van der Waals surface area contributed by atoms with Crippen LogP contribution in [0.2, 0.25) is 5.02 Å². The van der Waals surface area contributed by atoms with E-state index in [0.29, 0.717) is 11.6 Å². The minimum absolute atomic E-state index is 0.412. The molecule has 0 unspecified atom stereocenters. The van der Waals surface area contributed by atoms with Crippen LogP contribution in [0.5, 0.6) is 5.75 Å². The van der Waals surface area contributed by atoms with Crippen molar-refractivity contribution in [1.29, 1.82) is 0 Å². The molecule has 0 bridgehead atoms. The number of halogens is 1. The molecule has 0 N–H and O–H groups in total. The summed E-state index contributed by atoms with van der Waals surface area (Å²) < 4.78 is 11.7. The Kier molecular flexibility index (Phi) is 3.06. The third-order valence-corrected chi connectivity index (χ3v) is 3.81. The van der Waals surface area contributed by atoms with Gasteiger partial charge in [-0.05, 0) is 29.8 Å². The first-order valence-electron chi connectivity index (χ1n) is 6.71. The number of benzene rings is 2. The van der Waals surface area contributed by atoms with Gasteiger partial charge in [-0.1, -0.05) is 35.9 Å². The van der Waals surface area contributed by atoms with Gasteiger partial charge in [0.1, 0.15) is 11.3 Å². The molecule has 0 spiro atoms. The van der Waals surface area contributed by atoms with Gasteiger partial charge in [0.25, 0.3) is 0 Å². The van der Waals surface area contributed by atoms with E-state index >= 15 is 0 Å². The van der Waals surface area contributed by atoms with Crippen LogP contribution in [0.4, 0.5) is 0 Å². The predicted octanol–water partition coefficient (Wildman–Crippen LogP) is 3.19. The SMILES string of the molecule is Clc1ccc2c(c1)COB2Oc1cccc2cccnc12. The van der Waals surface area contributed by atoms with Crippen LogP contribution in [0, 0.1) is 0 Å². The molecule has 0 radical (unpaired) electrons. The summed E-state index contributed by atoms with van der Waals surface area (Å²) in [7, 11) is -0.412. The molecule has 0 atom stereocenters. The summed E-state index contributed by atoms with van der Waals surface area (Å²) in [5.41, 5.74) is 2.93. The van der Waals surface area contributed by atoms with Crippen molar-refractivity contribution < 1.29 is 9.31 Å². The maximum Gasteiger partial charge on any atom is 0.563 e. The summed E-state index contributed by atoms with van der Waals surface area (Å²) in [4.78, 5) is 4.39. The number of aromatic nitrogens is 1. The van der Waals surface area contributed by atoms with E-state index in [-0.39, 0.29) is 0 Å². The van der Waals surface area contributed by atoms with Crippen molar-refractivity contribution in [2.45, 2.75) is 6.61 Å². The predicted molar refractivity (Wildman–Crippen MR) is 84.0 cm³/mol. The number of hydrogen-bond acceptors (Lipinski definition) is 3. The fourth-order valence-corrected chi connectivity index (χ4v) is 2.76. The normalized spacial score (nSPS) is 13.5. The van der Waals surface area contributed by atoms with Crippen molar-refractivity contribution in [2.75, 3.05) is 0 Å². The Labute approximate surface area is 127 Å². The molecular formula is C16H11BClNO2. The fraction of sp³-hybridized carbons (Fsp3) is 0.0625. The summed E-state index contributed by atoms with van der Waals surface area (Å²) in [5, 5.41) is 1.76. The molecule has 2 aromatic carbocycles. The number of hydrogen-bond donors (Lipinski definition) is 0. The third-order valence-electron chi connectivity index (χ3n) is 3.58. The first-order valence-corrected chi connectivity index (χ1v) is 7.09. The standard InChI is InChI=1S/C16H11BClNO2/c18-13-6-7-14-12(9-13)10-20-17(14)21-15-5-1-3-11-4-2-8-19-16(11)15/h1-9H,10H2. The molecule has 5 heteroatoms. The van der Waals surface area contributed by atoms with Crippen LogP contribution >= 0.6 is 11.6 Å². The second kappa shape index (κ2) is 5.06. The highest BCUT2D eigenvalue weighted by Gasteiger charge is 2.33. The van der Waals surface area contributed by atoms with Crippen molar-refractivity contribution in [3.63, 3.8) is 0 Å². The molecule has 2 heterocycles. The number of fused-ring (bicyclic) bond motifs is 2. The zero-order valence-corrected chi connectivity index (χ0v) is 11.9. The van der Waals surface area contributed by atoms with Crippen molar-refractivity contribution >= 4 is 35.1 Å². The van der Waals surface area contributed by atoms with Gasteiger partial charge < -0.3 is 9.31 Å². The third kappa shape index (κ3) is 2.26. The van der Waals surface area contributed by atoms with Gasteiger partial charge >= 0.3 is 7.12 Å². The number of pyridine rings is 1. The number of nitrogens with zero attached hydrogens (tertiary/aromatic N) is 1.